The van der Waals surface area contributed by atoms with Gasteiger partial charge in [-0.2, -0.15) is 0 Å². The van der Waals surface area contributed by atoms with Gasteiger partial charge in [-0.25, -0.2) is 8.42 Å². The molecule has 1 amide bonds. The number of hydrogen-bond donors (Lipinski definition) is 1. The number of nitrogens with one attached hydrogen (secondary N) is 1. The van der Waals surface area contributed by atoms with E-state index < -0.39 is 10.0 Å². The van der Waals surface area contributed by atoms with Crippen LogP contribution < -0.4 is 19.1 Å². The van der Waals surface area contributed by atoms with Crippen LogP contribution in [0.2, 0.25) is 0 Å². The summed E-state index contributed by atoms with van der Waals surface area (Å²) in [5, 5.41) is 2.97. The number of benzene rings is 2. The van der Waals surface area contributed by atoms with E-state index in [1.165, 1.54) is 10.6 Å². The van der Waals surface area contributed by atoms with E-state index >= 15 is 0 Å². The molecule has 0 saturated carbocycles. The van der Waals surface area contributed by atoms with E-state index in [9.17, 15) is 13.2 Å². The first-order valence-corrected chi connectivity index (χ1v) is 10.5. The van der Waals surface area contributed by atoms with Gasteiger partial charge in [0.15, 0.2) is 11.5 Å². The summed E-state index contributed by atoms with van der Waals surface area (Å²) in [7, 11) is -3.30. The van der Waals surface area contributed by atoms with Crippen molar-refractivity contribution < 1.29 is 22.7 Å². The molecule has 8 heteroatoms. The maximum absolute atomic E-state index is 12.6. The number of amides is 1. The monoisotopic (exact) mass is 388 g/mol. The van der Waals surface area contributed by atoms with E-state index in [1.807, 2.05) is 25.1 Å². The first kappa shape index (κ1) is 17.7. The predicted molar refractivity (Wildman–Crippen MR) is 101 cm³/mol. The number of rotatable bonds is 4. The number of carbonyl (C=O) groups excluding carboxylic acids is 1. The van der Waals surface area contributed by atoms with E-state index in [1.54, 1.807) is 18.2 Å². The zero-order valence-corrected chi connectivity index (χ0v) is 15.9. The summed E-state index contributed by atoms with van der Waals surface area (Å²) >= 11 is 0. The molecule has 7 nitrogen and oxygen atoms in total. The molecule has 0 aliphatic carbocycles. The minimum atomic E-state index is -3.30. The van der Waals surface area contributed by atoms with E-state index in [4.69, 9.17) is 9.47 Å². The molecule has 2 heterocycles. The van der Waals surface area contributed by atoms with Crippen molar-refractivity contribution in [2.75, 3.05) is 23.9 Å². The lowest BCUT2D eigenvalue weighted by molar-refractivity contribution is 0.0939. The molecule has 0 saturated heterocycles. The lowest BCUT2D eigenvalue weighted by Crippen LogP contribution is -2.28. The maximum atomic E-state index is 12.6. The van der Waals surface area contributed by atoms with Crippen LogP contribution in [0.3, 0.4) is 0 Å². The first-order valence-electron chi connectivity index (χ1n) is 8.64. The summed E-state index contributed by atoms with van der Waals surface area (Å²) in [6.07, 6.45) is 1.79. The number of carbonyl (C=O) groups is 1. The van der Waals surface area contributed by atoms with Crippen LogP contribution in [0.5, 0.6) is 11.5 Å². The second-order valence-electron chi connectivity index (χ2n) is 6.74. The van der Waals surface area contributed by atoms with Crippen LogP contribution in [0.1, 0.15) is 34.5 Å². The van der Waals surface area contributed by atoms with E-state index in [2.05, 4.69) is 5.32 Å². The van der Waals surface area contributed by atoms with Crippen LogP contribution in [-0.4, -0.2) is 33.9 Å². The molecule has 2 aromatic carbocycles. The van der Waals surface area contributed by atoms with Crippen LogP contribution in [0.15, 0.2) is 36.4 Å². The largest absolute Gasteiger partial charge is 0.454 e. The van der Waals surface area contributed by atoms with Gasteiger partial charge in [0.25, 0.3) is 5.91 Å². The number of ether oxygens (including phenoxy) is 2. The lowest BCUT2D eigenvalue weighted by Gasteiger charge is -2.17. The van der Waals surface area contributed by atoms with Crippen LogP contribution in [-0.2, 0) is 16.4 Å². The molecule has 0 bridgehead atoms. The maximum Gasteiger partial charge on any atom is 0.251 e. The molecule has 0 radical (unpaired) electrons. The first-order chi connectivity index (χ1) is 12.8. The van der Waals surface area contributed by atoms with E-state index in [0.717, 1.165) is 11.1 Å². The Hall–Kier alpha value is -2.74. The van der Waals surface area contributed by atoms with Crippen molar-refractivity contribution in [2.45, 2.75) is 19.4 Å². The summed E-state index contributed by atoms with van der Waals surface area (Å²) in [6, 6.07) is 10.5. The summed E-state index contributed by atoms with van der Waals surface area (Å²) in [5.41, 5.74) is 2.94. The van der Waals surface area contributed by atoms with Gasteiger partial charge < -0.3 is 14.8 Å². The number of nitrogens with zero attached hydrogens (tertiary/aromatic N) is 1. The molecule has 0 spiro atoms. The molecule has 142 valence electrons. The third-order valence-electron chi connectivity index (χ3n) is 4.84. The van der Waals surface area contributed by atoms with Crippen molar-refractivity contribution in [2.24, 2.45) is 0 Å². The molecule has 0 aromatic heterocycles. The third kappa shape index (κ3) is 3.32. The summed E-state index contributed by atoms with van der Waals surface area (Å²) in [4.78, 5) is 12.6. The van der Waals surface area contributed by atoms with Crippen LogP contribution in [0.25, 0.3) is 0 Å². The zero-order chi connectivity index (χ0) is 19.2. The highest BCUT2D eigenvalue weighted by molar-refractivity contribution is 7.92. The molecule has 2 aromatic rings. The molecule has 4 rings (SSSR count). The number of hydrogen-bond acceptors (Lipinski definition) is 5. The smallest absolute Gasteiger partial charge is 0.251 e. The normalized spacial score (nSPS) is 16.1. The second-order valence-corrected chi connectivity index (χ2v) is 8.64. The lowest BCUT2D eigenvalue weighted by atomic mass is 10.1. The van der Waals surface area contributed by atoms with Gasteiger partial charge in [-0.15, -0.1) is 0 Å². The Labute approximate surface area is 157 Å². The quantitative estimate of drug-likeness (QED) is 0.868. The summed E-state index contributed by atoms with van der Waals surface area (Å²) < 4.78 is 35.7. The highest BCUT2D eigenvalue weighted by atomic mass is 32.2. The van der Waals surface area contributed by atoms with Crippen molar-refractivity contribution in [3.05, 3.63) is 53.1 Å². The zero-order valence-electron chi connectivity index (χ0n) is 15.1. The molecule has 2 aliphatic heterocycles. The molecule has 1 N–H and O–H groups in total. The van der Waals surface area contributed by atoms with Gasteiger partial charge in [-0.3, -0.25) is 9.10 Å². The Morgan fingerprint density at radius 3 is 2.70 bits per heavy atom. The number of fused-ring (bicyclic) bond motifs is 2. The Balaban J connectivity index is 1.50. The second kappa shape index (κ2) is 6.45. The Kier molecular flexibility index (Phi) is 4.22. The molecule has 27 heavy (non-hydrogen) atoms. The minimum absolute atomic E-state index is 0.207. The van der Waals surface area contributed by atoms with Gasteiger partial charge in [-0.05, 0) is 54.8 Å². The van der Waals surface area contributed by atoms with Gasteiger partial charge in [0, 0.05) is 12.1 Å². The fraction of sp³-hybridized carbons (Fsp3) is 0.316. The third-order valence-corrected chi connectivity index (χ3v) is 6.02. The standard InChI is InChI=1S/C19H20N2O5S/c1-12(13-4-6-17-18(10-13)26-11-25-17)20-19(22)15-3-5-16-14(9-15)7-8-21(16)27(2,23)24/h3-6,9-10,12H,7-8,11H2,1-2H3,(H,20,22)/t12-/m1/s1. The van der Waals surface area contributed by atoms with Gasteiger partial charge in [-0.1, -0.05) is 6.07 Å². The fourth-order valence-corrected chi connectivity index (χ4v) is 4.36. The minimum Gasteiger partial charge on any atom is -0.454 e. The van der Waals surface area contributed by atoms with Crippen LogP contribution in [0, 0.1) is 0 Å². The topological polar surface area (TPSA) is 84.9 Å². The van der Waals surface area contributed by atoms with Crippen molar-refractivity contribution in [3.8, 4) is 11.5 Å². The molecule has 0 unspecified atom stereocenters. The van der Waals surface area contributed by atoms with Crippen LogP contribution >= 0.6 is 0 Å². The number of sulfonamides is 1. The van der Waals surface area contributed by atoms with Gasteiger partial charge in [0.05, 0.1) is 18.0 Å². The Morgan fingerprint density at radius 1 is 1.15 bits per heavy atom. The van der Waals surface area contributed by atoms with Gasteiger partial charge in [0.1, 0.15) is 0 Å². The Bertz CT molecular complexity index is 1020. The molecule has 1 atom stereocenters. The molecule has 2 aliphatic rings. The van der Waals surface area contributed by atoms with Crippen molar-refractivity contribution >= 4 is 21.6 Å². The molecular weight excluding hydrogens is 368 g/mol. The van der Waals surface area contributed by atoms with Crippen molar-refractivity contribution in [1.29, 1.82) is 0 Å². The predicted octanol–water partition coefficient (Wildman–Crippen LogP) is 2.23. The SMILES string of the molecule is C[C@@H](NC(=O)c1ccc2c(c1)CCN2S(C)(=O)=O)c1ccc2c(c1)OCO2. The average molecular weight is 388 g/mol. The van der Waals surface area contributed by atoms with Crippen molar-refractivity contribution in [3.63, 3.8) is 0 Å². The average Bonchev–Trinajstić information content (AvgIpc) is 3.26. The van der Waals surface area contributed by atoms with Gasteiger partial charge in [0.2, 0.25) is 16.8 Å². The van der Waals surface area contributed by atoms with E-state index in [-0.39, 0.29) is 18.7 Å². The van der Waals surface area contributed by atoms with Crippen molar-refractivity contribution in [1.82, 2.24) is 5.32 Å². The van der Waals surface area contributed by atoms with E-state index in [0.29, 0.717) is 35.7 Å². The fourth-order valence-electron chi connectivity index (χ4n) is 3.40. The molecule has 0 fully saturated rings. The van der Waals surface area contributed by atoms with Gasteiger partial charge >= 0.3 is 0 Å². The number of anilines is 1. The Morgan fingerprint density at radius 2 is 1.93 bits per heavy atom. The highest BCUT2D eigenvalue weighted by Crippen LogP contribution is 2.34. The summed E-state index contributed by atoms with van der Waals surface area (Å²) in [6.45, 7) is 2.51. The molecular formula is C19H20N2O5S. The highest BCUT2D eigenvalue weighted by Gasteiger charge is 2.27. The summed E-state index contributed by atoms with van der Waals surface area (Å²) in [5.74, 6) is 1.17. The van der Waals surface area contributed by atoms with Crippen LogP contribution in [0.4, 0.5) is 5.69 Å².